The maximum atomic E-state index is 11.4. The van der Waals surface area contributed by atoms with Gasteiger partial charge in [-0.3, -0.25) is 4.79 Å². The first-order valence-electron chi connectivity index (χ1n) is 6.72. The zero-order valence-corrected chi connectivity index (χ0v) is 10.3. The van der Waals surface area contributed by atoms with E-state index >= 15 is 0 Å². The number of fused-ring (bicyclic) bond motifs is 2. The van der Waals surface area contributed by atoms with Gasteiger partial charge in [0.25, 0.3) is 0 Å². The van der Waals surface area contributed by atoms with Crippen molar-refractivity contribution in [2.24, 2.45) is 5.92 Å². The molecule has 3 rings (SSSR count). The minimum Gasteiger partial charge on any atom is -0.427 e. The number of hydrogen-bond donors (Lipinski definition) is 3. The van der Waals surface area contributed by atoms with Crippen molar-refractivity contribution in [2.45, 2.75) is 44.0 Å². The summed E-state index contributed by atoms with van der Waals surface area (Å²) in [6, 6.07) is 0.220. The Morgan fingerprint density at radius 3 is 2.89 bits per heavy atom. The summed E-state index contributed by atoms with van der Waals surface area (Å²) >= 11 is 0. The Balaban J connectivity index is 1.89. The summed E-state index contributed by atoms with van der Waals surface area (Å²) in [5.41, 5.74) is 2.70. The maximum Gasteiger partial charge on any atom is 0.458 e. The number of piperidine rings is 1. The molecule has 1 amide bonds. The number of carbonyl (C=O) groups is 1. The maximum absolute atomic E-state index is 11.4. The van der Waals surface area contributed by atoms with Crippen LogP contribution in [0, 0.1) is 5.92 Å². The van der Waals surface area contributed by atoms with Crippen molar-refractivity contribution in [3.05, 3.63) is 23.3 Å². The largest absolute Gasteiger partial charge is 0.458 e. The van der Waals surface area contributed by atoms with Gasteiger partial charge in [-0.25, -0.2) is 0 Å². The fourth-order valence-electron chi connectivity index (χ4n) is 3.50. The summed E-state index contributed by atoms with van der Waals surface area (Å²) in [5.74, 6) is 0.448. The second-order valence-corrected chi connectivity index (χ2v) is 5.55. The van der Waals surface area contributed by atoms with Gasteiger partial charge < -0.3 is 15.4 Å². The van der Waals surface area contributed by atoms with Crippen LogP contribution < -0.4 is 5.32 Å². The molecule has 1 heterocycles. The lowest BCUT2D eigenvalue weighted by Crippen LogP contribution is -2.44. The third kappa shape index (κ3) is 2.02. The molecule has 3 aliphatic rings. The van der Waals surface area contributed by atoms with Gasteiger partial charge in [-0.05, 0) is 42.7 Å². The van der Waals surface area contributed by atoms with Crippen molar-refractivity contribution in [1.29, 1.82) is 0 Å². The van der Waals surface area contributed by atoms with Gasteiger partial charge in [0, 0.05) is 12.2 Å². The molecule has 1 saturated heterocycles. The van der Waals surface area contributed by atoms with Gasteiger partial charge in [-0.1, -0.05) is 12.2 Å². The van der Waals surface area contributed by atoms with E-state index in [1.807, 2.05) is 6.08 Å². The molecule has 3 atom stereocenters. The highest BCUT2D eigenvalue weighted by Crippen LogP contribution is 2.43. The topological polar surface area (TPSA) is 69.6 Å². The number of nitrogens with one attached hydrogen (secondary N) is 1. The molecule has 0 bridgehead atoms. The molecule has 1 fully saturated rings. The van der Waals surface area contributed by atoms with Crippen LogP contribution in [-0.4, -0.2) is 29.1 Å². The van der Waals surface area contributed by atoms with Crippen molar-refractivity contribution in [3.8, 4) is 0 Å². The molecular weight excluding hydrogens is 229 g/mol. The summed E-state index contributed by atoms with van der Waals surface area (Å²) in [5, 5.41) is 21.6. The van der Waals surface area contributed by atoms with Crippen LogP contribution in [0.4, 0.5) is 0 Å². The second-order valence-electron chi connectivity index (χ2n) is 5.55. The third-order valence-electron chi connectivity index (χ3n) is 4.45. The Hall–Kier alpha value is -1.07. The Labute approximate surface area is 107 Å². The van der Waals surface area contributed by atoms with Crippen LogP contribution in [0.3, 0.4) is 0 Å². The van der Waals surface area contributed by atoms with E-state index in [1.54, 1.807) is 0 Å². The van der Waals surface area contributed by atoms with Gasteiger partial charge >= 0.3 is 7.12 Å². The molecule has 0 aromatic heterocycles. The predicted octanol–water partition coefficient (Wildman–Crippen LogP) is 0.774. The molecule has 2 aliphatic carbocycles. The quantitative estimate of drug-likeness (QED) is 0.599. The Bertz CT molecular complexity index is 430. The monoisotopic (exact) mass is 247 g/mol. The fraction of sp³-hybridized carbons (Fsp3) is 0.615. The van der Waals surface area contributed by atoms with Gasteiger partial charge in [-0.2, -0.15) is 0 Å². The number of allylic oxidation sites excluding steroid dienone is 3. The zero-order chi connectivity index (χ0) is 12.7. The van der Waals surface area contributed by atoms with E-state index < -0.39 is 7.12 Å². The average molecular weight is 247 g/mol. The predicted molar refractivity (Wildman–Crippen MR) is 68.6 cm³/mol. The van der Waals surface area contributed by atoms with Gasteiger partial charge in [0.2, 0.25) is 5.91 Å². The number of hydrogen-bond acceptors (Lipinski definition) is 3. The Kier molecular flexibility index (Phi) is 3.03. The van der Waals surface area contributed by atoms with Crippen LogP contribution >= 0.6 is 0 Å². The number of carbonyl (C=O) groups excluding carboxylic acids is 1. The summed E-state index contributed by atoms with van der Waals surface area (Å²) in [4.78, 5) is 11.4. The lowest BCUT2D eigenvalue weighted by molar-refractivity contribution is -0.122. The van der Waals surface area contributed by atoms with Crippen LogP contribution in [0.5, 0.6) is 0 Å². The van der Waals surface area contributed by atoms with E-state index in [4.69, 9.17) is 0 Å². The first-order valence-corrected chi connectivity index (χ1v) is 6.72. The van der Waals surface area contributed by atoms with Crippen LogP contribution in [0.25, 0.3) is 0 Å². The van der Waals surface area contributed by atoms with Crippen LogP contribution in [0.15, 0.2) is 23.3 Å². The molecule has 5 heteroatoms. The highest BCUT2D eigenvalue weighted by molar-refractivity contribution is 6.44. The SMILES string of the molecule is O=C1CCC2=C3C=CC(B(O)O)CC3CCC2N1. The van der Waals surface area contributed by atoms with Crippen molar-refractivity contribution >= 4 is 13.0 Å². The first-order chi connectivity index (χ1) is 8.65. The molecule has 0 aromatic rings. The molecule has 3 unspecified atom stereocenters. The van der Waals surface area contributed by atoms with Gasteiger partial charge in [0.05, 0.1) is 6.04 Å². The molecule has 0 spiro atoms. The van der Waals surface area contributed by atoms with E-state index in [-0.39, 0.29) is 17.8 Å². The lowest BCUT2D eigenvalue weighted by atomic mass is 9.61. The number of rotatable bonds is 1. The molecule has 1 aliphatic heterocycles. The third-order valence-corrected chi connectivity index (χ3v) is 4.45. The summed E-state index contributed by atoms with van der Waals surface area (Å²) in [7, 11) is -1.25. The van der Waals surface area contributed by atoms with E-state index in [0.29, 0.717) is 12.3 Å². The van der Waals surface area contributed by atoms with Crippen molar-refractivity contribution in [2.75, 3.05) is 0 Å². The van der Waals surface area contributed by atoms with E-state index in [2.05, 4.69) is 11.4 Å². The highest BCUT2D eigenvalue weighted by atomic mass is 16.4. The van der Waals surface area contributed by atoms with Gasteiger partial charge in [0.15, 0.2) is 0 Å². The van der Waals surface area contributed by atoms with Gasteiger partial charge in [-0.15, -0.1) is 0 Å². The molecule has 0 aromatic carbocycles. The van der Waals surface area contributed by atoms with Crippen LogP contribution in [0.2, 0.25) is 5.82 Å². The van der Waals surface area contributed by atoms with E-state index in [1.165, 1.54) is 11.1 Å². The Morgan fingerprint density at radius 2 is 2.11 bits per heavy atom. The molecule has 3 N–H and O–H groups in total. The highest BCUT2D eigenvalue weighted by Gasteiger charge is 2.36. The summed E-state index contributed by atoms with van der Waals surface area (Å²) in [6.07, 6.45) is 8.23. The molecule has 0 saturated carbocycles. The van der Waals surface area contributed by atoms with E-state index in [9.17, 15) is 14.8 Å². The molecule has 96 valence electrons. The van der Waals surface area contributed by atoms with Crippen LogP contribution in [-0.2, 0) is 4.79 Å². The Morgan fingerprint density at radius 1 is 1.28 bits per heavy atom. The average Bonchev–Trinajstić information content (AvgIpc) is 2.37. The number of amides is 1. The van der Waals surface area contributed by atoms with Crippen molar-refractivity contribution in [1.82, 2.24) is 5.32 Å². The standard InChI is InChI=1S/C13H18BNO3/c16-13-6-4-11-10-3-2-9(14(17)18)7-8(10)1-5-12(11)15-13/h2-3,8-9,12,17-18H,1,4-7H2,(H,15,16). The fourth-order valence-corrected chi connectivity index (χ4v) is 3.50. The first kappa shape index (κ1) is 12.0. The molecule has 4 nitrogen and oxygen atoms in total. The van der Waals surface area contributed by atoms with E-state index in [0.717, 1.165) is 25.7 Å². The lowest BCUT2D eigenvalue weighted by Gasteiger charge is -2.39. The minimum absolute atomic E-state index is 0.144. The van der Waals surface area contributed by atoms with Crippen molar-refractivity contribution < 1.29 is 14.8 Å². The van der Waals surface area contributed by atoms with Crippen LogP contribution in [0.1, 0.15) is 32.1 Å². The van der Waals surface area contributed by atoms with Gasteiger partial charge in [0.1, 0.15) is 0 Å². The summed E-state index contributed by atoms with van der Waals surface area (Å²) in [6.45, 7) is 0. The zero-order valence-electron chi connectivity index (χ0n) is 10.3. The second kappa shape index (κ2) is 4.55. The normalized spacial score (nSPS) is 34.8. The summed E-state index contributed by atoms with van der Waals surface area (Å²) < 4.78 is 0. The molecule has 18 heavy (non-hydrogen) atoms. The smallest absolute Gasteiger partial charge is 0.427 e. The minimum atomic E-state index is -1.25. The molecular formula is C13H18BNO3. The van der Waals surface area contributed by atoms with Crippen molar-refractivity contribution in [3.63, 3.8) is 0 Å². The molecule has 0 radical (unpaired) electrons.